The molecule has 0 aromatic heterocycles. The second kappa shape index (κ2) is 5.20. The summed E-state index contributed by atoms with van der Waals surface area (Å²) in [4.78, 5) is 28.7. The monoisotopic (exact) mass is 316 g/mol. The van der Waals surface area contributed by atoms with Crippen LogP contribution in [-0.2, 0) is 9.59 Å². The maximum absolute atomic E-state index is 12.6. The number of carbonyl (C=O) groups is 2. The molecule has 0 saturated heterocycles. The number of para-hydroxylation sites is 4. The zero-order valence-electron chi connectivity index (χ0n) is 13.5. The molecule has 0 amide bonds. The molecule has 2 aromatic rings. The lowest BCUT2D eigenvalue weighted by Gasteiger charge is -2.39. The summed E-state index contributed by atoms with van der Waals surface area (Å²) in [5, 5.41) is 0. The number of hydrogen-bond donors (Lipinski definition) is 0. The molecule has 2 aromatic carbocycles. The van der Waals surface area contributed by atoms with Crippen LogP contribution in [0.3, 0.4) is 0 Å². The van der Waals surface area contributed by atoms with Crippen molar-refractivity contribution in [2.75, 3.05) is 16.8 Å². The first-order valence-electron chi connectivity index (χ1n) is 7.78. The van der Waals surface area contributed by atoms with Gasteiger partial charge in [-0.2, -0.15) is 0 Å². The van der Waals surface area contributed by atoms with Gasteiger partial charge >= 0.3 is 0 Å². The Labute approximate surface area is 140 Å². The van der Waals surface area contributed by atoms with Crippen molar-refractivity contribution in [1.82, 2.24) is 0 Å². The molecule has 4 heteroatoms. The molecule has 0 radical (unpaired) electrons. The van der Waals surface area contributed by atoms with Crippen molar-refractivity contribution in [3.05, 3.63) is 72.0 Å². The van der Waals surface area contributed by atoms with Crippen molar-refractivity contribution in [2.45, 2.75) is 6.92 Å². The molecule has 0 spiro atoms. The van der Waals surface area contributed by atoms with E-state index in [4.69, 9.17) is 0 Å². The van der Waals surface area contributed by atoms with Gasteiger partial charge in [-0.3, -0.25) is 9.59 Å². The molecule has 0 N–H and O–H groups in total. The quantitative estimate of drug-likeness (QED) is 0.749. The Kier molecular flexibility index (Phi) is 3.13. The Balaban J connectivity index is 1.97. The average molecular weight is 316 g/mol. The second-order valence-electron chi connectivity index (χ2n) is 5.96. The Bertz CT molecular complexity index is 893. The van der Waals surface area contributed by atoms with Crippen molar-refractivity contribution in [2.24, 2.45) is 0 Å². The number of nitrogens with zero attached hydrogens (tertiary/aromatic N) is 2. The molecule has 1 heterocycles. The van der Waals surface area contributed by atoms with Gasteiger partial charge in [0, 0.05) is 18.7 Å². The molecular weight excluding hydrogens is 300 g/mol. The fraction of sp³-hybridized carbons (Fsp3) is 0.100. The van der Waals surface area contributed by atoms with Crippen LogP contribution < -0.4 is 9.80 Å². The first-order chi connectivity index (χ1) is 11.6. The lowest BCUT2D eigenvalue weighted by atomic mass is 9.99. The number of anilines is 4. The number of hydrogen-bond acceptors (Lipinski definition) is 4. The van der Waals surface area contributed by atoms with Crippen LogP contribution >= 0.6 is 0 Å². The van der Waals surface area contributed by atoms with Gasteiger partial charge in [-0.05, 0) is 37.3 Å². The van der Waals surface area contributed by atoms with E-state index in [9.17, 15) is 9.59 Å². The summed E-state index contributed by atoms with van der Waals surface area (Å²) in [5.74, 6) is -0.278. The molecule has 24 heavy (non-hydrogen) atoms. The van der Waals surface area contributed by atoms with Crippen molar-refractivity contribution < 1.29 is 9.59 Å². The molecule has 1 aliphatic heterocycles. The number of allylic oxidation sites excluding steroid dienone is 3. The number of fused-ring (bicyclic) bond motifs is 2. The fourth-order valence-corrected chi connectivity index (χ4v) is 3.22. The maximum Gasteiger partial charge on any atom is 0.203 e. The number of ketones is 2. The molecule has 0 bridgehead atoms. The van der Waals surface area contributed by atoms with Gasteiger partial charge in [0.25, 0.3) is 0 Å². The molecular formula is C20H16N2O2. The SMILES string of the molecule is CC1=CC(=O)C(N2c3ccccc3N(C)c3ccccc32)=CC1=O. The van der Waals surface area contributed by atoms with Crippen molar-refractivity contribution in [3.8, 4) is 0 Å². The van der Waals surface area contributed by atoms with Gasteiger partial charge in [0.1, 0.15) is 0 Å². The van der Waals surface area contributed by atoms with Gasteiger partial charge in [0.2, 0.25) is 5.78 Å². The van der Waals surface area contributed by atoms with Crippen LogP contribution in [0.25, 0.3) is 0 Å². The van der Waals surface area contributed by atoms with E-state index in [-0.39, 0.29) is 11.6 Å². The van der Waals surface area contributed by atoms with Crippen molar-refractivity contribution in [1.29, 1.82) is 0 Å². The van der Waals surface area contributed by atoms with Gasteiger partial charge in [-0.1, -0.05) is 24.3 Å². The predicted octanol–water partition coefficient (Wildman–Crippen LogP) is 3.89. The Hall–Kier alpha value is -3.14. The van der Waals surface area contributed by atoms with Crippen LogP contribution in [0, 0.1) is 0 Å². The van der Waals surface area contributed by atoms with E-state index in [1.165, 1.54) is 12.2 Å². The number of benzene rings is 2. The standard InChI is InChI=1S/C20H16N2O2/c1-13-11-20(24)18(12-19(13)23)22-16-9-5-3-7-14(16)21(2)15-8-4-6-10-17(15)22/h3-12H,1-2H3. The zero-order chi connectivity index (χ0) is 16.8. The zero-order valence-corrected chi connectivity index (χ0v) is 13.5. The minimum atomic E-state index is -0.152. The highest BCUT2D eigenvalue weighted by Gasteiger charge is 2.32. The Morgan fingerprint density at radius 3 is 1.75 bits per heavy atom. The first kappa shape index (κ1) is 14.5. The van der Waals surface area contributed by atoms with Gasteiger partial charge in [0.05, 0.1) is 28.4 Å². The Morgan fingerprint density at radius 2 is 1.21 bits per heavy atom. The molecule has 4 nitrogen and oxygen atoms in total. The summed E-state index contributed by atoms with van der Waals surface area (Å²) >= 11 is 0. The average Bonchev–Trinajstić information content (AvgIpc) is 2.59. The fourth-order valence-electron chi connectivity index (χ4n) is 3.22. The summed E-state index contributed by atoms with van der Waals surface area (Å²) in [6, 6.07) is 15.7. The normalized spacial score (nSPS) is 16.4. The van der Waals surface area contributed by atoms with E-state index < -0.39 is 0 Å². The van der Waals surface area contributed by atoms with Gasteiger partial charge in [-0.25, -0.2) is 0 Å². The van der Waals surface area contributed by atoms with E-state index in [2.05, 4.69) is 4.90 Å². The molecule has 0 saturated carbocycles. The lowest BCUT2D eigenvalue weighted by Crippen LogP contribution is -2.31. The maximum atomic E-state index is 12.6. The van der Waals surface area contributed by atoms with Crippen LogP contribution in [0.4, 0.5) is 22.7 Å². The van der Waals surface area contributed by atoms with E-state index in [0.717, 1.165) is 22.7 Å². The molecule has 4 rings (SSSR count). The number of carbonyl (C=O) groups excluding carboxylic acids is 2. The molecule has 0 unspecified atom stereocenters. The van der Waals surface area contributed by atoms with Crippen LogP contribution in [0.1, 0.15) is 6.92 Å². The molecule has 1 aliphatic carbocycles. The van der Waals surface area contributed by atoms with Gasteiger partial charge in [0.15, 0.2) is 5.78 Å². The van der Waals surface area contributed by atoms with E-state index in [1.807, 2.05) is 60.5 Å². The van der Waals surface area contributed by atoms with Crippen LogP contribution in [-0.4, -0.2) is 18.6 Å². The molecule has 0 atom stereocenters. The first-order valence-corrected chi connectivity index (χ1v) is 7.78. The van der Waals surface area contributed by atoms with Crippen LogP contribution in [0.2, 0.25) is 0 Å². The minimum Gasteiger partial charge on any atom is -0.341 e. The highest BCUT2D eigenvalue weighted by Crippen LogP contribution is 2.48. The molecule has 2 aliphatic rings. The summed E-state index contributed by atoms with van der Waals surface area (Å²) in [7, 11) is 2.00. The van der Waals surface area contributed by atoms with Crippen LogP contribution in [0.15, 0.2) is 72.0 Å². The topological polar surface area (TPSA) is 40.6 Å². The summed E-state index contributed by atoms with van der Waals surface area (Å²) in [5.41, 5.74) is 4.61. The lowest BCUT2D eigenvalue weighted by molar-refractivity contribution is -0.115. The predicted molar refractivity (Wildman–Crippen MR) is 94.9 cm³/mol. The third-order valence-corrected chi connectivity index (χ3v) is 4.47. The summed E-state index contributed by atoms with van der Waals surface area (Å²) in [6.45, 7) is 1.67. The van der Waals surface area contributed by atoms with Crippen molar-refractivity contribution >= 4 is 34.3 Å². The van der Waals surface area contributed by atoms with Crippen molar-refractivity contribution in [3.63, 3.8) is 0 Å². The second-order valence-corrected chi connectivity index (χ2v) is 5.96. The minimum absolute atomic E-state index is 0.126. The molecule has 0 fully saturated rings. The third kappa shape index (κ3) is 2.00. The Morgan fingerprint density at radius 1 is 0.708 bits per heavy atom. The van der Waals surface area contributed by atoms with E-state index in [1.54, 1.807) is 6.92 Å². The highest BCUT2D eigenvalue weighted by molar-refractivity contribution is 6.22. The van der Waals surface area contributed by atoms with Crippen LogP contribution in [0.5, 0.6) is 0 Å². The number of rotatable bonds is 1. The van der Waals surface area contributed by atoms with E-state index >= 15 is 0 Å². The van der Waals surface area contributed by atoms with Gasteiger partial charge < -0.3 is 9.80 Å². The smallest absolute Gasteiger partial charge is 0.203 e. The summed E-state index contributed by atoms with van der Waals surface area (Å²) in [6.07, 6.45) is 2.86. The largest absolute Gasteiger partial charge is 0.341 e. The third-order valence-electron chi connectivity index (χ3n) is 4.47. The molecule has 118 valence electrons. The van der Waals surface area contributed by atoms with Gasteiger partial charge in [-0.15, -0.1) is 0 Å². The van der Waals surface area contributed by atoms with E-state index in [0.29, 0.717) is 11.3 Å². The summed E-state index contributed by atoms with van der Waals surface area (Å²) < 4.78 is 0. The highest BCUT2D eigenvalue weighted by atomic mass is 16.1.